The SMILES string of the molecule is CCN(CC(N)=NO)C(=O)c1cc2c(s1)CCCC2. The van der Waals surface area contributed by atoms with E-state index in [9.17, 15) is 4.79 Å². The third kappa shape index (κ3) is 3.07. The number of amidine groups is 1. The minimum absolute atomic E-state index is 0.0338. The van der Waals surface area contributed by atoms with Gasteiger partial charge in [0.2, 0.25) is 0 Å². The van der Waals surface area contributed by atoms with E-state index in [1.54, 1.807) is 16.2 Å². The maximum absolute atomic E-state index is 12.4. The number of thiophene rings is 1. The fraction of sp³-hybridized carbons (Fsp3) is 0.538. The fourth-order valence-electron chi connectivity index (χ4n) is 2.31. The van der Waals surface area contributed by atoms with Gasteiger partial charge in [-0.2, -0.15) is 0 Å². The second-order valence-electron chi connectivity index (χ2n) is 4.68. The molecule has 6 heteroatoms. The Bertz CT molecular complexity index is 473. The maximum Gasteiger partial charge on any atom is 0.264 e. The molecule has 0 radical (unpaired) electrons. The third-order valence-electron chi connectivity index (χ3n) is 3.36. The minimum atomic E-state index is -0.0338. The van der Waals surface area contributed by atoms with E-state index in [0.29, 0.717) is 6.54 Å². The standard InChI is InChI=1S/C13H19N3O2S/c1-2-16(8-12(14)15-18)13(17)11-7-9-5-3-4-6-10(9)19-11/h7,18H,2-6,8H2,1H3,(H2,14,15). The molecule has 0 unspecified atom stereocenters. The van der Waals surface area contributed by atoms with Gasteiger partial charge in [0.25, 0.3) is 5.91 Å². The van der Waals surface area contributed by atoms with E-state index < -0.39 is 0 Å². The molecule has 5 nitrogen and oxygen atoms in total. The molecule has 1 heterocycles. The van der Waals surface area contributed by atoms with Crippen LogP contribution in [-0.4, -0.2) is 34.9 Å². The van der Waals surface area contributed by atoms with Crippen LogP contribution in [0.15, 0.2) is 11.2 Å². The molecule has 0 saturated carbocycles. The predicted octanol–water partition coefficient (Wildman–Crippen LogP) is 1.84. The van der Waals surface area contributed by atoms with Crippen molar-refractivity contribution >= 4 is 23.1 Å². The Labute approximate surface area is 116 Å². The van der Waals surface area contributed by atoms with Crippen molar-refractivity contribution in [1.82, 2.24) is 4.90 Å². The summed E-state index contributed by atoms with van der Waals surface area (Å²) in [7, 11) is 0. The molecular weight excluding hydrogens is 262 g/mol. The van der Waals surface area contributed by atoms with Gasteiger partial charge in [0, 0.05) is 11.4 Å². The Kier molecular flexibility index (Phi) is 4.42. The van der Waals surface area contributed by atoms with Crippen molar-refractivity contribution in [3.8, 4) is 0 Å². The molecule has 3 N–H and O–H groups in total. The van der Waals surface area contributed by atoms with Gasteiger partial charge in [0.1, 0.15) is 0 Å². The van der Waals surface area contributed by atoms with E-state index >= 15 is 0 Å². The van der Waals surface area contributed by atoms with Gasteiger partial charge in [-0.15, -0.1) is 11.3 Å². The molecule has 1 amide bonds. The summed E-state index contributed by atoms with van der Waals surface area (Å²) in [5, 5.41) is 11.5. The summed E-state index contributed by atoms with van der Waals surface area (Å²) in [5.41, 5.74) is 6.79. The first-order valence-electron chi connectivity index (χ1n) is 6.53. The number of hydrogen-bond donors (Lipinski definition) is 2. The average molecular weight is 281 g/mol. The normalized spacial score (nSPS) is 15.1. The number of carbonyl (C=O) groups is 1. The van der Waals surface area contributed by atoms with Crippen LogP contribution in [0.4, 0.5) is 0 Å². The monoisotopic (exact) mass is 281 g/mol. The summed E-state index contributed by atoms with van der Waals surface area (Å²) in [5.74, 6) is 0.0185. The zero-order chi connectivity index (χ0) is 13.8. The summed E-state index contributed by atoms with van der Waals surface area (Å²) in [6, 6.07) is 2.01. The van der Waals surface area contributed by atoms with Gasteiger partial charge in [-0.1, -0.05) is 5.16 Å². The number of aryl methyl sites for hydroxylation is 2. The van der Waals surface area contributed by atoms with Crippen molar-refractivity contribution in [3.05, 3.63) is 21.4 Å². The predicted molar refractivity (Wildman–Crippen MR) is 75.9 cm³/mol. The number of likely N-dealkylation sites (N-methyl/N-ethyl adjacent to an activating group) is 1. The molecule has 19 heavy (non-hydrogen) atoms. The number of hydrogen-bond acceptors (Lipinski definition) is 4. The maximum atomic E-state index is 12.4. The highest BCUT2D eigenvalue weighted by Crippen LogP contribution is 2.30. The number of carbonyl (C=O) groups excluding carboxylic acids is 1. The quantitative estimate of drug-likeness (QED) is 0.382. The Balaban J connectivity index is 2.15. The van der Waals surface area contributed by atoms with E-state index in [0.717, 1.165) is 17.7 Å². The van der Waals surface area contributed by atoms with Gasteiger partial charge in [-0.25, -0.2) is 0 Å². The lowest BCUT2D eigenvalue weighted by molar-refractivity contribution is 0.0791. The molecule has 0 saturated heterocycles. The number of oxime groups is 1. The van der Waals surface area contributed by atoms with Crippen LogP contribution in [0.25, 0.3) is 0 Å². The van der Waals surface area contributed by atoms with Crippen LogP contribution in [0.3, 0.4) is 0 Å². The molecule has 0 aliphatic heterocycles. The molecule has 1 aromatic rings. The van der Waals surface area contributed by atoms with E-state index in [1.807, 2.05) is 13.0 Å². The van der Waals surface area contributed by atoms with Crippen molar-refractivity contribution in [1.29, 1.82) is 0 Å². The second-order valence-corrected chi connectivity index (χ2v) is 5.81. The van der Waals surface area contributed by atoms with Gasteiger partial charge in [-0.05, 0) is 44.2 Å². The summed E-state index contributed by atoms with van der Waals surface area (Å²) in [6.45, 7) is 2.59. The lowest BCUT2D eigenvalue weighted by Crippen LogP contribution is -2.38. The Morgan fingerprint density at radius 3 is 2.89 bits per heavy atom. The summed E-state index contributed by atoms with van der Waals surface area (Å²) in [6.07, 6.45) is 4.58. The first-order chi connectivity index (χ1) is 9.15. The number of nitrogens with zero attached hydrogens (tertiary/aromatic N) is 2. The molecular formula is C13H19N3O2S. The lowest BCUT2D eigenvalue weighted by Gasteiger charge is -2.18. The van der Waals surface area contributed by atoms with Crippen molar-refractivity contribution in [2.75, 3.05) is 13.1 Å². The summed E-state index contributed by atoms with van der Waals surface area (Å²) < 4.78 is 0. The molecule has 1 aromatic heterocycles. The molecule has 0 spiro atoms. The molecule has 0 aromatic carbocycles. The van der Waals surface area contributed by atoms with E-state index in [2.05, 4.69) is 5.16 Å². The largest absolute Gasteiger partial charge is 0.409 e. The number of rotatable bonds is 4. The molecule has 1 aliphatic rings. The van der Waals surface area contributed by atoms with Gasteiger partial charge in [-0.3, -0.25) is 4.79 Å². The summed E-state index contributed by atoms with van der Waals surface area (Å²) in [4.78, 5) is 16.1. The zero-order valence-corrected chi connectivity index (χ0v) is 11.9. The van der Waals surface area contributed by atoms with Crippen molar-refractivity contribution in [2.24, 2.45) is 10.9 Å². The second kappa shape index (κ2) is 6.06. The number of fused-ring (bicyclic) bond motifs is 1. The van der Waals surface area contributed by atoms with Crippen LogP contribution in [0.5, 0.6) is 0 Å². The fourth-order valence-corrected chi connectivity index (χ4v) is 3.53. The van der Waals surface area contributed by atoms with Crippen molar-refractivity contribution in [3.63, 3.8) is 0 Å². The van der Waals surface area contributed by atoms with Crippen LogP contribution < -0.4 is 5.73 Å². The molecule has 1 aliphatic carbocycles. The highest BCUT2D eigenvalue weighted by molar-refractivity contribution is 7.14. The number of amides is 1. The molecule has 0 fully saturated rings. The zero-order valence-electron chi connectivity index (χ0n) is 11.1. The van der Waals surface area contributed by atoms with Crippen LogP contribution in [0.2, 0.25) is 0 Å². The molecule has 0 atom stereocenters. The van der Waals surface area contributed by atoms with Crippen LogP contribution in [0.1, 0.15) is 39.9 Å². The van der Waals surface area contributed by atoms with Crippen LogP contribution in [0, 0.1) is 0 Å². The summed E-state index contributed by atoms with van der Waals surface area (Å²) >= 11 is 1.59. The third-order valence-corrected chi connectivity index (χ3v) is 4.58. The first-order valence-corrected chi connectivity index (χ1v) is 7.34. The smallest absolute Gasteiger partial charge is 0.264 e. The topological polar surface area (TPSA) is 78.9 Å². The van der Waals surface area contributed by atoms with Crippen molar-refractivity contribution in [2.45, 2.75) is 32.6 Å². The van der Waals surface area contributed by atoms with Crippen LogP contribution >= 0.6 is 11.3 Å². The van der Waals surface area contributed by atoms with E-state index in [4.69, 9.17) is 10.9 Å². The highest BCUT2D eigenvalue weighted by Gasteiger charge is 2.21. The highest BCUT2D eigenvalue weighted by atomic mass is 32.1. The van der Waals surface area contributed by atoms with E-state index in [1.165, 1.54) is 23.3 Å². The molecule has 0 bridgehead atoms. The Morgan fingerprint density at radius 2 is 2.26 bits per heavy atom. The number of nitrogens with two attached hydrogens (primary N) is 1. The van der Waals surface area contributed by atoms with E-state index in [-0.39, 0.29) is 18.3 Å². The molecule has 2 rings (SSSR count). The van der Waals surface area contributed by atoms with Gasteiger partial charge < -0.3 is 15.8 Å². The van der Waals surface area contributed by atoms with Gasteiger partial charge in [0.05, 0.1) is 11.4 Å². The lowest BCUT2D eigenvalue weighted by atomic mass is 9.99. The Morgan fingerprint density at radius 1 is 1.53 bits per heavy atom. The minimum Gasteiger partial charge on any atom is -0.409 e. The van der Waals surface area contributed by atoms with Crippen LogP contribution in [-0.2, 0) is 12.8 Å². The van der Waals surface area contributed by atoms with Gasteiger partial charge in [0.15, 0.2) is 5.84 Å². The first kappa shape index (κ1) is 13.9. The van der Waals surface area contributed by atoms with Gasteiger partial charge >= 0.3 is 0 Å². The Hall–Kier alpha value is -1.56. The van der Waals surface area contributed by atoms with Crippen molar-refractivity contribution < 1.29 is 10.0 Å². The molecule has 104 valence electrons. The average Bonchev–Trinajstić information content (AvgIpc) is 2.87.